The molecule has 0 unspecified atom stereocenters. The number of hydrazone groups is 1. The van der Waals surface area contributed by atoms with Crippen LogP contribution >= 0.6 is 0 Å². The van der Waals surface area contributed by atoms with Gasteiger partial charge in [0.25, 0.3) is 0 Å². The van der Waals surface area contributed by atoms with E-state index in [0.29, 0.717) is 0 Å². The van der Waals surface area contributed by atoms with Crippen molar-refractivity contribution in [3.8, 4) is 0 Å². The van der Waals surface area contributed by atoms with Gasteiger partial charge in [-0.15, -0.1) is 6.58 Å². The van der Waals surface area contributed by atoms with Gasteiger partial charge in [-0.2, -0.15) is 5.10 Å². The fourth-order valence-corrected chi connectivity index (χ4v) is 2.35. The number of hydrogen-bond donors (Lipinski definition) is 0. The molecule has 0 aliphatic rings. The number of allylic oxidation sites excluding steroid dienone is 1. The molecule has 2 heteroatoms. The lowest BCUT2D eigenvalue weighted by Crippen LogP contribution is -2.21. The second-order valence-corrected chi connectivity index (χ2v) is 6.39. The molecule has 0 heterocycles. The smallest absolute Gasteiger partial charge is 0.0593 e. The molecule has 22 heavy (non-hydrogen) atoms. The summed E-state index contributed by atoms with van der Waals surface area (Å²) in [5.41, 5.74) is 3.66. The molecule has 0 aliphatic carbocycles. The first kappa shape index (κ1) is 18.5. The SMILES string of the molecule is C=C(C)CCC[C@@H](C)CCN(/N=C(/C)CC)c1ccccc1. The van der Waals surface area contributed by atoms with Gasteiger partial charge in [-0.05, 0) is 57.6 Å². The topological polar surface area (TPSA) is 15.6 Å². The van der Waals surface area contributed by atoms with Gasteiger partial charge in [0.1, 0.15) is 0 Å². The third-order valence-corrected chi connectivity index (χ3v) is 3.99. The van der Waals surface area contributed by atoms with Gasteiger partial charge in [0.05, 0.1) is 5.69 Å². The van der Waals surface area contributed by atoms with E-state index in [9.17, 15) is 0 Å². The molecule has 0 fully saturated rings. The van der Waals surface area contributed by atoms with E-state index in [0.717, 1.165) is 25.3 Å². The fourth-order valence-electron chi connectivity index (χ4n) is 2.35. The zero-order chi connectivity index (χ0) is 16.4. The lowest BCUT2D eigenvalue weighted by atomic mass is 9.99. The molecular formula is C20H32N2. The van der Waals surface area contributed by atoms with Crippen molar-refractivity contribution < 1.29 is 0 Å². The van der Waals surface area contributed by atoms with Gasteiger partial charge >= 0.3 is 0 Å². The van der Waals surface area contributed by atoms with Gasteiger partial charge < -0.3 is 0 Å². The Morgan fingerprint density at radius 2 is 1.86 bits per heavy atom. The van der Waals surface area contributed by atoms with Crippen LogP contribution in [0.3, 0.4) is 0 Å². The van der Waals surface area contributed by atoms with E-state index in [1.807, 2.05) is 0 Å². The highest BCUT2D eigenvalue weighted by Gasteiger charge is 2.09. The zero-order valence-corrected chi connectivity index (χ0v) is 14.8. The minimum atomic E-state index is 0.725. The first-order valence-electron chi connectivity index (χ1n) is 8.54. The second kappa shape index (κ2) is 10.2. The van der Waals surface area contributed by atoms with Crippen molar-refractivity contribution in [2.24, 2.45) is 11.0 Å². The first-order chi connectivity index (χ1) is 10.5. The van der Waals surface area contributed by atoms with Crippen molar-refractivity contribution in [2.45, 2.75) is 59.8 Å². The molecule has 1 atom stereocenters. The van der Waals surface area contributed by atoms with Gasteiger partial charge in [0.2, 0.25) is 0 Å². The Kier molecular flexibility index (Phi) is 8.57. The highest BCUT2D eigenvalue weighted by Crippen LogP contribution is 2.19. The Morgan fingerprint density at radius 1 is 1.18 bits per heavy atom. The minimum Gasteiger partial charge on any atom is -0.266 e. The average molecular weight is 300 g/mol. The monoisotopic (exact) mass is 300 g/mol. The second-order valence-electron chi connectivity index (χ2n) is 6.39. The highest BCUT2D eigenvalue weighted by atomic mass is 15.5. The molecule has 1 aromatic carbocycles. The van der Waals surface area contributed by atoms with Crippen LogP contribution in [0.2, 0.25) is 0 Å². The molecule has 1 aromatic rings. The van der Waals surface area contributed by atoms with Crippen molar-refractivity contribution >= 4 is 11.4 Å². The van der Waals surface area contributed by atoms with Gasteiger partial charge in [-0.3, -0.25) is 5.01 Å². The summed E-state index contributed by atoms with van der Waals surface area (Å²) in [7, 11) is 0. The molecule has 0 amide bonds. The summed E-state index contributed by atoms with van der Waals surface area (Å²) in [6.07, 6.45) is 5.84. The van der Waals surface area contributed by atoms with Crippen molar-refractivity contribution in [1.82, 2.24) is 0 Å². The molecule has 0 saturated heterocycles. The van der Waals surface area contributed by atoms with Crippen LogP contribution in [0, 0.1) is 5.92 Å². The average Bonchev–Trinajstić information content (AvgIpc) is 2.51. The maximum Gasteiger partial charge on any atom is 0.0593 e. The minimum absolute atomic E-state index is 0.725. The number of para-hydroxylation sites is 1. The standard InChI is InChI=1S/C20H32N2/c1-6-19(5)21-22(20-13-8-7-9-14-20)16-15-18(4)12-10-11-17(2)3/h7-9,13-14,18H,2,6,10-12,15-16H2,1,3-5H3/b21-19-/t18-/m1/s1. The Labute approximate surface area is 136 Å². The predicted molar refractivity (Wildman–Crippen MR) is 99.6 cm³/mol. The molecule has 0 radical (unpaired) electrons. The quantitative estimate of drug-likeness (QED) is 0.292. The largest absolute Gasteiger partial charge is 0.266 e. The number of anilines is 1. The summed E-state index contributed by atoms with van der Waals surface area (Å²) < 4.78 is 0. The van der Waals surface area contributed by atoms with Gasteiger partial charge in [-0.25, -0.2) is 0 Å². The molecule has 1 rings (SSSR count). The first-order valence-corrected chi connectivity index (χ1v) is 8.54. The van der Waals surface area contributed by atoms with Crippen LogP contribution in [-0.2, 0) is 0 Å². The lowest BCUT2D eigenvalue weighted by Gasteiger charge is -2.22. The van der Waals surface area contributed by atoms with E-state index in [-0.39, 0.29) is 0 Å². The van der Waals surface area contributed by atoms with E-state index in [1.54, 1.807) is 0 Å². The summed E-state index contributed by atoms with van der Waals surface area (Å²) >= 11 is 0. The van der Waals surface area contributed by atoms with Gasteiger partial charge in [0, 0.05) is 12.3 Å². The molecule has 0 spiro atoms. The van der Waals surface area contributed by atoms with Crippen LogP contribution in [-0.4, -0.2) is 12.3 Å². The fraction of sp³-hybridized carbons (Fsp3) is 0.550. The summed E-state index contributed by atoms with van der Waals surface area (Å²) in [4.78, 5) is 0. The molecule has 0 aliphatic heterocycles. The van der Waals surface area contributed by atoms with Crippen molar-refractivity contribution in [2.75, 3.05) is 11.6 Å². The summed E-state index contributed by atoms with van der Waals surface area (Å²) in [5, 5.41) is 6.94. The molecular weight excluding hydrogens is 268 g/mol. The Hall–Kier alpha value is -1.57. The van der Waals surface area contributed by atoms with E-state index in [1.165, 1.54) is 36.2 Å². The number of benzene rings is 1. The predicted octanol–water partition coefficient (Wildman–Crippen LogP) is 6.05. The van der Waals surface area contributed by atoms with Crippen LogP contribution in [0.4, 0.5) is 5.69 Å². The van der Waals surface area contributed by atoms with Gasteiger partial charge in [-0.1, -0.05) is 44.0 Å². The van der Waals surface area contributed by atoms with Crippen molar-refractivity contribution in [3.05, 3.63) is 42.5 Å². The van der Waals surface area contributed by atoms with E-state index < -0.39 is 0 Å². The van der Waals surface area contributed by atoms with E-state index >= 15 is 0 Å². The zero-order valence-electron chi connectivity index (χ0n) is 14.8. The maximum atomic E-state index is 4.78. The van der Waals surface area contributed by atoms with Gasteiger partial charge in [0.15, 0.2) is 0 Å². The Morgan fingerprint density at radius 3 is 2.45 bits per heavy atom. The van der Waals surface area contributed by atoms with Crippen LogP contribution in [0.1, 0.15) is 59.8 Å². The molecule has 0 bridgehead atoms. The lowest BCUT2D eigenvalue weighted by molar-refractivity contribution is 0.473. The summed E-state index contributed by atoms with van der Waals surface area (Å²) in [6, 6.07) is 10.5. The highest BCUT2D eigenvalue weighted by molar-refractivity contribution is 5.82. The van der Waals surface area contributed by atoms with E-state index in [4.69, 9.17) is 5.10 Å². The molecule has 0 saturated carbocycles. The summed E-state index contributed by atoms with van der Waals surface area (Å²) in [5.74, 6) is 0.725. The van der Waals surface area contributed by atoms with Crippen LogP contribution in [0.15, 0.2) is 47.6 Å². The van der Waals surface area contributed by atoms with Crippen LogP contribution in [0.25, 0.3) is 0 Å². The number of rotatable bonds is 10. The summed E-state index contributed by atoms with van der Waals surface area (Å²) in [6.45, 7) is 13.7. The van der Waals surface area contributed by atoms with Crippen molar-refractivity contribution in [3.63, 3.8) is 0 Å². The van der Waals surface area contributed by atoms with Crippen LogP contribution < -0.4 is 5.01 Å². The third-order valence-electron chi connectivity index (χ3n) is 3.99. The third kappa shape index (κ3) is 7.44. The molecule has 2 nitrogen and oxygen atoms in total. The van der Waals surface area contributed by atoms with E-state index in [2.05, 4.69) is 69.6 Å². The van der Waals surface area contributed by atoms with Crippen molar-refractivity contribution in [1.29, 1.82) is 0 Å². The molecule has 122 valence electrons. The maximum absolute atomic E-state index is 4.78. The Bertz CT molecular complexity index is 462. The Balaban J connectivity index is 2.56. The molecule has 0 aromatic heterocycles. The number of nitrogens with zero attached hydrogens (tertiary/aromatic N) is 2. The number of hydrogen-bond acceptors (Lipinski definition) is 2. The molecule has 0 N–H and O–H groups in total. The normalized spacial score (nSPS) is 13.0. The van der Waals surface area contributed by atoms with Crippen LogP contribution in [0.5, 0.6) is 0 Å².